The summed E-state index contributed by atoms with van der Waals surface area (Å²) >= 11 is 3.21. The van der Waals surface area contributed by atoms with E-state index in [0.717, 1.165) is 45.6 Å². The van der Waals surface area contributed by atoms with Crippen molar-refractivity contribution in [2.24, 2.45) is 0 Å². The molecule has 0 aliphatic rings. The van der Waals surface area contributed by atoms with Crippen LogP contribution in [0.25, 0.3) is 0 Å². The van der Waals surface area contributed by atoms with Crippen molar-refractivity contribution in [2.45, 2.75) is 66.9 Å². The zero-order valence-corrected chi connectivity index (χ0v) is 33.3. The largest absolute Gasteiger partial charge is 0.398 e. The number of nitrogens with two attached hydrogens (primary N) is 1. The Labute approximate surface area is 310 Å². The highest BCUT2D eigenvalue weighted by atomic mass is 79.9. The third-order valence-corrected chi connectivity index (χ3v) is 7.43. The highest BCUT2D eigenvalue weighted by molar-refractivity contribution is 9.08. The molecule has 0 heterocycles. The summed E-state index contributed by atoms with van der Waals surface area (Å²) in [7, 11) is 7.88. The fourth-order valence-corrected chi connectivity index (χ4v) is 5.03. The number of rotatable bonds is 8. The molecule has 0 radical (unpaired) electrons. The van der Waals surface area contributed by atoms with Gasteiger partial charge in [0, 0.05) is 59.0 Å². The van der Waals surface area contributed by atoms with E-state index < -0.39 is 0 Å². The molecule has 12 nitrogen and oxygen atoms in total. The van der Waals surface area contributed by atoms with Gasteiger partial charge in [0.25, 0.3) is 17.1 Å². The maximum atomic E-state index is 10.7. The molecule has 0 fully saturated rings. The molecule has 0 aliphatic carbocycles. The molecule has 0 aromatic heterocycles. The van der Waals surface area contributed by atoms with Gasteiger partial charge in [-0.25, -0.2) is 0 Å². The number of anilines is 1. The van der Waals surface area contributed by atoms with E-state index >= 15 is 0 Å². The molecule has 13 heteroatoms. The number of nitro benzene ring substituents is 3. The number of nitrogens with zero attached hydrogens (tertiary/aromatic N) is 5. The first-order chi connectivity index (χ1) is 23.9. The highest BCUT2D eigenvalue weighted by Crippen LogP contribution is 2.22. The molecule has 4 aromatic carbocycles. The Morgan fingerprint density at radius 2 is 0.882 bits per heavy atom. The third kappa shape index (κ3) is 17.7. The van der Waals surface area contributed by atoms with Crippen molar-refractivity contribution in [3.8, 4) is 0 Å². The van der Waals surface area contributed by atoms with Crippen LogP contribution in [0.15, 0.2) is 72.8 Å². The van der Waals surface area contributed by atoms with Crippen molar-refractivity contribution >= 4 is 38.7 Å². The number of benzene rings is 4. The Bertz CT molecular complexity index is 1730. The van der Waals surface area contributed by atoms with E-state index in [2.05, 4.69) is 33.8 Å². The van der Waals surface area contributed by atoms with Crippen molar-refractivity contribution in [3.63, 3.8) is 0 Å². The van der Waals surface area contributed by atoms with E-state index in [-0.39, 0.29) is 31.8 Å². The van der Waals surface area contributed by atoms with Gasteiger partial charge in [-0.05, 0) is 92.6 Å². The Morgan fingerprint density at radius 1 is 0.549 bits per heavy atom. The average Bonchev–Trinajstić information content (AvgIpc) is 3.03. The van der Waals surface area contributed by atoms with Crippen molar-refractivity contribution in [2.75, 3.05) is 33.9 Å². The van der Waals surface area contributed by atoms with Gasteiger partial charge in [-0.2, -0.15) is 0 Å². The van der Waals surface area contributed by atoms with E-state index in [1.54, 1.807) is 37.3 Å². The van der Waals surface area contributed by atoms with Gasteiger partial charge in [-0.3, -0.25) is 30.3 Å². The van der Waals surface area contributed by atoms with Gasteiger partial charge in [0.2, 0.25) is 0 Å². The van der Waals surface area contributed by atoms with E-state index in [9.17, 15) is 30.3 Å². The van der Waals surface area contributed by atoms with E-state index in [1.807, 2.05) is 92.0 Å². The Morgan fingerprint density at radius 3 is 1.27 bits per heavy atom. The maximum Gasteiger partial charge on any atom is 0.273 e. The Kier molecular flexibility index (Phi) is 21.5. The highest BCUT2D eigenvalue weighted by Gasteiger charge is 2.14. The van der Waals surface area contributed by atoms with Crippen LogP contribution < -0.4 is 5.73 Å². The first kappa shape index (κ1) is 46.3. The second-order valence-electron chi connectivity index (χ2n) is 12.1. The predicted molar refractivity (Wildman–Crippen MR) is 213 cm³/mol. The average molecular weight is 770 g/mol. The lowest BCUT2D eigenvalue weighted by molar-refractivity contribution is -0.385. The molecular formula is C38H53BrN6O6. The van der Waals surface area contributed by atoms with Gasteiger partial charge in [-0.15, -0.1) is 0 Å². The lowest BCUT2D eigenvalue weighted by atomic mass is 10.1. The van der Waals surface area contributed by atoms with Gasteiger partial charge in [0.15, 0.2) is 0 Å². The molecule has 0 bridgehead atoms. The molecule has 0 saturated heterocycles. The minimum absolute atomic E-state index is 0.178. The fourth-order valence-electron chi connectivity index (χ4n) is 4.58. The van der Waals surface area contributed by atoms with E-state index in [0.29, 0.717) is 11.9 Å². The van der Waals surface area contributed by atoms with Crippen molar-refractivity contribution in [1.82, 2.24) is 9.80 Å². The van der Waals surface area contributed by atoms with Crippen molar-refractivity contribution in [1.29, 1.82) is 0 Å². The molecule has 4 aromatic rings. The molecule has 0 saturated carbocycles. The number of hydrogen-bond donors (Lipinski definition) is 1. The molecule has 2 N–H and O–H groups in total. The Hall–Kier alpha value is -4.72. The summed E-state index contributed by atoms with van der Waals surface area (Å²) < 4.78 is 0. The summed E-state index contributed by atoms with van der Waals surface area (Å²) in [5.41, 5.74) is 15.1. The maximum absolute atomic E-state index is 10.7. The van der Waals surface area contributed by atoms with Crippen LogP contribution in [0, 0.1) is 65.0 Å². The number of alkyl halides is 1. The number of aryl methyl sites for hydroxylation is 5. The second-order valence-corrected chi connectivity index (χ2v) is 12.7. The van der Waals surface area contributed by atoms with Crippen LogP contribution in [0.4, 0.5) is 22.7 Å². The van der Waals surface area contributed by atoms with Crippen LogP contribution >= 0.6 is 15.9 Å². The van der Waals surface area contributed by atoms with Gasteiger partial charge in [-0.1, -0.05) is 82.4 Å². The van der Waals surface area contributed by atoms with Gasteiger partial charge in [0.1, 0.15) is 0 Å². The fraction of sp³-hybridized carbons (Fsp3) is 0.368. The predicted octanol–water partition coefficient (Wildman–Crippen LogP) is 9.64. The molecular weight excluding hydrogens is 716 g/mol. The molecule has 51 heavy (non-hydrogen) atoms. The van der Waals surface area contributed by atoms with Gasteiger partial charge in [0.05, 0.1) is 14.8 Å². The monoisotopic (exact) mass is 768 g/mol. The quantitative estimate of drug-likeness (QED) is 0.0796. The first-order valence-corrected chi connectivity index (χ1v) is 17.4. The minimum Gasteiger partial charge on any atom is -0.398 e. The lowest BCUT2D eigenvalue weighted by Crippen LogP contribution is -2.12. The molecule has 0 unspecified atom stereocenters. The van der Waals surface area contributed by atoms with Gasteiger partial charge >= 0.3 is 0 Å². The SMILES string of the molecule is CC.Cc1ccc(N)c(CN(C)C)c1.Cc1ccc([N+](=O)[O-])c(C)c1.Cc1ccc([N+](=O)[O-])c(CBr)c1.Cc1ccc([N+](=O)[O-])c(CN(C)C)c1. The summed E-state index contributed by atoms with van der Waals surface area (Å²) in [6, 6.07) is 21.5. The van der Waals surface area contributed by atoms with Crippen LogP contribution in [0.2, 0.25) is 0 Å². The molecule has 0 atom stereocenters. The van der Waals surface area contributed by atoms with E-state index in [4.69, 9.17) is 5.73 Å². The third-order valence-electron chi connectivity index (χ3n) is 6.83. The zero-order chi connectivity index (χ0) is 39.4. The van der Waals surface area contributed by atoms with Crippen LogP contribution in [-0.2, 0) is 18.4 Å². The normalized spacial score (nSPS) is 9.92. The summed E-state index contributed by atoms with van der Waals surface area (Å²) in [6.45, 7) is 15.1. The Balaban J connectivity index is 0.000000645. The summed E-state index contributed by atoms with van der Waals surface area (Å²) in [6.07, 6.45) is 0. The summed E-state index contributed by atoms with van der Waals surface area (Å²) in [4.78, 5) is 34.5. The topological polar surface area (TPSA) is 162 Å². The lowest BCUT2D eigenvalue weighted by Gasteiger charge is -2.12. The zero-order valence-electron chi connectivity index (χ0n) is 31.7. The van der Waals surface area contributed by atoms with Crippen LogP contribution in [0.5, 0.6) is 0 Å². The van der Waals surface area contributed by atoms with Crippen molar-refractivity contribution in [3.05, 3.63) is 148 Å². The van der Waals surface area contributed by atoms with E-state index in [1.165, 1.54) is 23.3 Å². The van der Waals surface area contributed by atoms with Crippen LogP contribution in [0.1, 0.15) is 58.4 Å². The molecule has 0 spiro atoms. The molecule has 0 amide bonds. The molecule has 0 aliphatic heterocycles. The number of nitro groups is 3. The van der Waals surface area contributed by atoms with Crippen LogP contribution in [-0.4, -0.2) is 52.8 Å². The van der Waals surface area contributed by atoms with Gasteiger partial charge < -0.3 is 15.5 Å². The smallest absolute Gasteiger partial charge is 0.273 e. The number of halogens is 1. The minimum atomic E-state index is -0.366. The van der Waals surface area contributed by atoms with Crippen molar-refractivity contribution < 1.29 is 14.8 Å². The number of nitrogen functional groups attached to an aromatic ring is 1. The molecule has 278 valence electrons. The number of hydrogen-bond acceptors (Lipinski definition) is 9. The first-order valence-electron chi connectivity index (χ1n) is 16.3. The molecule has 4 rings (SSSR count). The second kappa shape index (κ2) is 23.6. The summed E-state index contributed by atoms with van der Waals surface area (Å²) in [5, 5.41) is 32.0. The summed E-state index contributed by atoms with van der Waals surface area (Å²) in [5.74, 6) is 0. The standard InChI is InChI=1S/C10H14N2O2.C10H16N2.C8H8BrNO2.C8H9NO2.C2H6/c1-8-4-5-10(12(13)14)9(6-8)7-11(2)3;1-8-4-5-10(11)9(6-8)7-12(2)3;1-6-2-3-8(10(11)12)7(4-6)5-9;1-6-3-4-8(9(10)11)7(2)5-6;1-2/h4-6H,7H2,1-3H3;4-6H,7,11H2,1-3H3;2-4H,5H2,1H3;3-5H,1-2H3;1-2H3. The van der Waals surface area contributed by atoms with Crippen LogP contribution in [0.3, 0.4) is 0 Å².